The van der Waals surface area contributed by atoms with Crippen molar-refractivity contribution in [1.29, 1.82) is 0 Å². The number of hydrogen-bond acceptors (Lipinski definition) is 5. The van der Waals surface area contributed by atoms with Crippen LogP contribution in [0.25, 0.3) is 11.3 Å². The molecule has 30 heavy (non-hydrogen) atoms. The van der Waals surface area contributed by atoms with Crippen LogP contribution in [-0.4, -0.2) is 34.2 Å². The van der Waals surface area contributed by atoms with E-state index >= 15 is 0 Å². The van der Waals surface area contributed by atoms with Crippen LogP contribution in [-0.2, 0) is 27.2 Å². The molecule has 1 aromatic heterocycles. The Kier molecular flexibility index (Phi) is 4.98. The van der Waals surface area contributed by atoms with E-state index < -0.39 is 5.91 Å². The molecule has 154 valence electrons. The molecule has 3 amide bonds. The van der Waals surface area contributed by atoms with Gasteiger partial charge in [0.2, 0.25) is 17.7 Å². The third kappa shape index (κ3) is 3.47. The second-order valence-electron chi connectivity index (χ2n) is 8.20. The van der Waals surface area contributed by atoms with Gasteiger partial charge in [0.05, 0.1) is 17.5 Å². The highest BCUT2D eigenvalue weighted by Crippen LogP contribution is 2.35. The molecule has 0 bridgehead atoms. The molecule has 0 saturated carbocycles. The fourth-order valence-electron chi connectivity index (χ4n) is 4.68. The largest absolute Gasteiger partial charge is 0.300 e. The third-order valence-electron chi connectivity index (χ3n) is 6.30. The van der Waals surface area contributed by atoms with Crippen LogP contribution in [0.4, 0.5) is 5.13 Å². The number of fused-ring (bicyclic) bond motifs is 2. The zero-order valence-electron chi connectivity index (χ0n) is 16.6. The van der Waals surface area contributed by atoms with E-state index in [1.54, 1.807) is 0 Å². The fourth-order valence-corrected chi connectivity index (χ4v) is 5.42. The van der Waals surface area contributed by atoms with E-state index in [0.717, 1.165) is 29.0 Å². The van der Waals surface area contributed by atoms with Gasteiger partial charge in [-0.15, -0.1) is 11.3 Å². The Balaban J connectivity index is 1.25. The number of benzene rings is 1. The monoisotopic (exact) mass is 421 g/mol. The second-order valence-corrected chi connectivity index (χ2v) is 9.05. The van der Waals surface area contributed by atoms with Crippen molar-refractivity contribution in [2.45, 2.75) is 38.5 Å². The summed E-state index contributed by atoms with van der Waals surface area (Å²) < 4.78 is 0. The molecular formula is C23H23N3O3S. The Morgan fingerprint density at radius 2 is 1.77 bits per heavy atom. The number of anilines is 1. The first kappa shape index (κ1) is 19.2. The summed E-state index contributed by atoms with van der Waals surface area (Å²) in [6.45, 7) is -0.252. The summed E-state index contributed by atoms with van der Waals surface area (Å²) in [6, 6.07) is 6.47. The smallest absolute Gasteiger partial charge is 0.246 e. The summed E-state index contributed by atoms with van der Waals surface area (Å²) in [5, 5.41) is 5.15. The molecule has 0 spiro atoms. The fraction of sp³-hybridized carbons (Fsp3) is 0.391. The van der Waals surface area contributed by atoms with Gasteiger partial charge in [0.25, 0.3) is 0 Å². The number of rotatable bonds is 4. The average molecular weight is 422 g/mol. The van der Waals surface area contributed by atoms with Gasteiger partial charge in [-0.1, -0.05) is 24.3 Å². The molecule has 7 heteroatoms. The van der Waals surface area contributed by atoms with Gasteiger partial charge in [-0.2, -0.15) is 0 Å². The van der Waals surface area contributed by atoms with Crippen molar-refractivity contribution in [3.63, 3.8) is 0 Å². The van der Waals surface area contributed by atoms with Gasteiger partial charge >= 0.3 is 0 Å². The molecule has 0 radical (unpaired) electrons. The van der Waals surface area contributed by atoms with Gasteiger partial charge in [-0.3, -0.25) is 19.3 Å². The van der Waals surface area contributed by atoms with E-state index in [1.807, 2.05) is 17.5 Å². The molecule has 1 aromatic carbocycles. The van der Waals surface area contributed by atoms with Crippen molar-refractivity contribution < 1.29 is 14.4 Å². The van der Waals surface area contributed by atoms with Crippen molar-refractivity contribution in [1.82, 2.24) is 9.88 Å². The number of aromatic nitrogens is 1. The minimum Gasteiger partial charge on any atom is -0.300 e. The van der Waals surface area contributed by atoms with Crippen LogP contribution in [0, 0.1) is 11.8 Å². The molecule has 5 rings (SSSR count). The Morgan fingerprint density at radius 3 is 2.50 bits per heavy atom. The van der Waals surface area contributed by atoms with Gasteiger partial charge in [0.1, 0.15) is 6.54 Å². The van der Waals surface area contributed by atoms with Crippen molar-refractivity contribution in [3.8, 4) is 11.3 Å². The van der Waals surface area contributed by atoms with Crippen LogP contribution >= 0.6 is 11.3 Å². The molecule has 1 saturated heterocycles. The summed E-state index contributed by atoms with van der Waals surface area (Å²) >= 11 is 1.35. The summed E-state index contributed by atoms with van der Waals surface area (Å²) in [6.07, 6.45) is 9.74. The number of nitrogens with zero attached hydrogens (tertiary/aromatic N) is 2. The number of hydrogen-bond donors (Lipinski definition) is 1. The molecular weight excluding hydrogens is 398 g/mol. The number of likely N-dealkylation sites (tertiary alicyclic amines) is 1. The predicted octanol–water partition coefficient (Wildman–Crippen LogP) is 3.58. The van der Waals surface area contributed by atoms with Gasteiger partial charge < -0.3 is 5.32 Å². The molecule has 2 heterocycles. The molecule has 2 unspecified atom stereocenters. The number of thiazole rings is 1. The number of carbonyl (C=O) groups excluding carboxylic acids is 3. The lowest BCUT2D eigenvalue weighted by Crippen LogP contribution is -2.38. The number of imide groups is 1. The molecule has 1 aliphatic heterocycles. The van der Waals surface area contributed by atoms with E-state index in [4.69, 9.17) is 0 Å². The maximum atomic E-state index is 12.5. The zero-order valence-corrected chi connectivity index (χ0v) is 17.4. The summed E-state index contributed by atoms with van der Waals surface area (Å²) in [5.74, 6) is -1.50. The lowest BCUT2D eigenvalue weighted by atomic mass is 9.85. The molecule has 2 atom stereocenters. The lowest BCUT2D eigenvalue weighted by Gasteiger charge is -2.16. The highest BCUT2D eigenvalue weighted by atomic mass is 32.1. The zero-order chi connectivity index (χ0) is 20.7. The van der Waals surface area contributed by atoms with Gasteiger partial charge in [-0.25, -0.2) is 4.98 Å². The molecule has 1 N–H and O–H groups in total. The SMILES string of the molecule is O=C(CN1C(=O)C2CC=CCC2C1=O)Nc1nc(-c2ccc3c(c2)CCCC3)cs1. The first-order valence-corrected chi connectivity index (χ1v) is 11.4. The molecule has 6 nitrogen and oxygen atoms in total. The number of amides is 3. The minimum atomic E-state index is -0.394. The average Bonchev–Trinajstić information content (AvgIpc) is 3.32. The topological polar surface area (TPSA) is 79.4 Å². The standard InChI is InChI=1S/C23H23N3O3S/c27-20(12-26-21(28)17-7-3-4-8-18(17)22(26)29)25-23-24-19(13-30-23)16-10-9-14-5-1-2-6-15(14)11-16/h3-4,9-11,13,17-18H,1-2,5-8,12H2,(H,24,25,27). The third-order valence-corrected chi connectivity index (χ3v) is 7.05. The Morgan fingerprint density at radius 1 is 1.07 bits per heavy atom. The van der Waals surface area contributed by atoms with Crippen molar-refractivity contribution in [2.75, 3.05) is 11.9 Å². The van der Waals surface area contributed by atoms with Gasteiger partial charge in [0, 0.05) is 10.9 Å². The molecule has 3 aliphatic rings. The highest BCUT2D eigenvalue weighted by Gasteiger charge is 2.47. The minimum absolute atomic E-state index is 0.238. The maximum absolute atomic E-state index is 12.5. The van der Waals surface area contributed by atoms with Crippen molar-refractivity contribution >= 4 is 34.2 Å². The number of nitrogens with one attached hydrogen (secondary N) is 1. The summed E-state index contributed by atoms with van der Waals surface area (Å²) in [7, 11) is 0. The van der Waals surface area contributed by atoms with Crippen LogP contribution in [0.5, 0.6) is 0 Å². The lowest BCUT2D eigenvalue weighted by molar-refractivity contribution is -0.142. The van der Waals surface area contributed by atoms with Crippen LogP contribution in [0.1, 0.15) is 36.8 Å². The molecule has 2 aromatic rings. The van der Waals surface area contributed by atoms with E-state index in [9.17, 15) is 14.4 Å². The van der Waals surface area contributed by atoms with Gasteiger partial charge in [-0.05, 0) is 55.7 Å². The maximum Gasteiger partial charge on any atom is 0.246 e. The van der Waals surface area contributed by atoms with Crippen LogP contribution in [0.3, 0.4) is 0 Å². The van der Waals surface area contributed by atoms with Crippen molar-refractivity contribution in [2.24, 2.45) is 11.8 Å². The highest BCUT2D eigenvalue weighted by molar-refractivity contribution is 7.14. The first-order valence-electron chi connectivity index (χ1n) is 10.5. The van der Waals surface area contributed by atoms with Crippen LogP contribution < -0.4 is 5.32 Å². The number of carbonyl (C=O) groups is 3. The summed E-state index contributed by atoms with van der Waals surface area (Å²) in [5.41, 5.74) is 4.69. The normalized spacial score (nSPS) is 22.7. The second kappa shape index (κ2) is 7.80. The predicted molar refractivity (Wildman–Crippen MR) is 115 cm³/mol. The van der Waals surface area contributed by atoms with E-state index in [0.29, 0.717) is 18.0 Å². The first-order chi connectivity index (χ1) is 14.6. The van der Waals surface area contributed by atoms with Crippen LogP contribution in [0.2, 0.25) is 0 Å². The Labute approximate surface area is 179 Å². The van der Waals surface area contributed by atoms with E-state index in [2.05, 4.69) is 28.5 Å². The van der Waals surface area contributed by atoms with E-state index in [1.165, 1.54) is 35.3 Å². The van der Waals surface area contributed by atoms with Gasteiger partial charge in [0.15, 0.2) is 5.13 Å². The Bertz CT molecular complexity index is 1030. The quantitative estimate of drug-likeness (QED) is 0.605. The molecule has 2 aliphatic carbocycles. The molecule has 1 fully saturated rings. The number of allylic oxidation sites excluding steroid dienone is 2. The Hall–Kier alpha value is -2.80. The summed E-state index contributed by atoms with van der Waals surface area (Å²) in [4.78, 5) is 43.2. The van der Waals surface area contributed by atoms with Crippen LogP contribution in [0.15, 0.2) is 35.7 Å². The van der Waals surface area contributed by atoms with Crippen molar-refractivity contribution in [3.05, 3.63) is 46.9 Å². The van der Waals surface area contributed by atoms with E-state index in [-0.39, 0.29) is 30.2 Å². The number of aryl methyl sites for hydroxylation is 2.